The number of allylic oxidation sites excluding steroid dienone is 1. The second kappa shape index (κ2) is 9.26. The van der Waals surface area contributed by atoms with Gasteiger partial charge in [0.05, 0.1) is 0 Å². The minimum atomic E-state index is -0.405. The number of benzene rings is 2. The first kappa shape index (κ1) is 20.3. The SMILES string of the molecule is C=CCn1c(S[C@@H](C(=O)N2CCCC2)c2ccccc2)nnc1-c1ccc(F)cc1. The second-order valence-corrected chi connectivity index (χ2v) is 8.23. The molecule has 4 rings (SSSR count). The number of carbonyl (C=O) groups excluding carboxylic acids is 1. The zero-order chi connectivity index (χ0) is 20.9. The van der Waals surface area contributed by atoms with Gasteiger partial charge in [-0.3, -0.25) is 9.36 Å². The fraction of sp³-hybridized carbons (Fsp3) is 0.261. The van der Waals surface area contributed by atoms with Crippen LogP contribution in [0.5, 0.6) is 0 Å². The monoisotopic (exact) mass is 422 g/mol. The minimum Gasteiger partial charge on any atom is -0.341 e. The summed E-state index contributed by atoms with van der Waals surface area (Å²) < 4.78 is 15.3. The Bertz CT molecular complexity index is 1010. The number of rotatable bonds is 7. The van der Waals surface area contributed by atoms with Crippen LogP contribution in [-0.2, 0) is 11.3 Å². The number of carbonyl (C=O) groups is 1. The minimum absolute atomic E-state index is 0.0974. The molecule has 1 aliphatic heterocycles. The molecule has 1 amide bonds. The quantitative estimate of drug-likeness (QED) is 0.408. The lowest BCUT2D eigenvalue weighted by Crippen LogP contribution is -2.31. The highest BCUT2D eigenvalue weighted by atomic mass is 32.2. The molecule has 0 radical (unpaired) electrons. The highest BCUT2D eigenvalue weighted by Crippen LogP contribution is 2.38. The van der Waals surface area contributed by atoms with Gasteiger partial charge in [-0.05, 0) is 42.7 Å². The van der Waals surface area contributed by atoms with Gasteiger partial charge in [0.2, 0.25) is 5.91 Å². The summed E-state index contributed by atoms with van der Waals surface area (Å²) in [5, 5.41) is 8.94. The van der Waals surface area contributed by atoms with Crippen LogP contribution in [0, 0.1) is 5.82 Å². The Kier molecular flexibility index (Phi) is 6.28. The van der Waals surface area contributed by atoms with Gasteiger partial charge in [-0.15, -0.1) is 16.8 Å². The number of hydrogen-bond acceptors (Lipinski definition) is 4. The van der Waals surface area contributed by atoms with E-state index in [0.717, 1.165) is 37.1 Å². The number of thioether (sulfide) groups is 1. The van der Waals surface area contributed by atoms with Gasteiger partial charge < -0.3 is 4.90 Å². The van der Waals surface area contributed by atoms with E-state index in [2.05, 4.69) is 16.8 Å². The number of nitrogens with zero attached hydrogens (tertiary/aromatic N) is 4. The molecule has 0 bridgehead atoms. The smallest absolute Gasteiger partial charge is 0.240 e. The number of halogens is 1. The lowest BCUT2D eigenvalue weighted by molar-refractivity contribution is -0.129. The van der Waals surface area contributed by atoms with Crippen molar-refractivity contribution in [2.24, 2.45) is 0 Å². The van der Waals surface area contributed by atoms with Crippen LogP contribution in [-0.4, -0.2) is 38.7 Å². The topological polar surface area (TPSA) is 51.0 Å². The van der Waals surface area contributed by atoms with Crippen LogP contribution in [0.15, 0.2) is 72.4 Å². The molecule has 154 valence electrons. The lowest BCUT2D eigenvalue weighted by atomic mass is 10.1. The molecule has 1 aliphatic rings. The van der Waals surface area contributed by atoms with Crippen LogP contribution in [0.4, 0.5) is 4.39 Å². The van der Waals surface area contributed by atoms with Gasteiger partial charge in [-0.25, -0.2) is 4.39 Å². The Balaban J connectivity index is 1.69. The highest BCUT2D eigenvalue weighted by Gasteiger charge is 2.30. The third-order valence-electron chi connectivity index (χ3n) is 5.10. The molecule has 0 spiro atoms. The molecular formula is C23H23FN4OS. The van der Waals surface area contributed by atoms with Crippen LogP contribution in [0.2, 0.25) is 0 Å². The van der Waals surface area contributed by atoms with E-state index in [4.69, 9.17) is 0 Å². The summed E-state index contributed by atoms with van der Waals surface area (Å²) in [4.78, 5) is 15.2. The molecule has 0 unspecified atom stereocenters. The Morgan fingerprint density at radius 2 is 1.80 bits per heavy atom. The van der Waals surface area contributed by atoms with Gasteiger partial charge in [0, 0.05) is 25.2 Å². The summed E-state index contributed by atoms with van der Waals surface area (Å²) in [5.74, 6) is 0.418. The summed E-state index contributed by atoms with van der Waals surface area (Å²) in [6.45, 7) is 5.92. The summed E-state index contributed by atoms with van der Waals surface area (Å²) >= 11 is 1.40. The third-order valence-corrected chi connectivity index (χ3v) is 6.32. The van der Waals surface area contributed by atoms with E-state index < -0.39 is 5.25 Å². The molecule has 1 atom stereocenters. The zero-order valence-electron chi connectivity index (χ0n) is 16.6. The van der Waals surface area contributed by atoms with Gasteiger partial charge in [-0.2, -0.15) is 0 Å². The van der Waals surface area contributed by atoms with Crippen molar-refractivity contribution in [1.82, 2.24) is 19.7 Å². The van der Waals surface area contributed by atoms with Crippen molar-refractivity contribution in [3.63, 3.8) is 0 Å². The molecule has 2 aromatic carbocycles. The zero-order valence-corrected chi connectivity index (χ0v) is 17.4. The third kappa shape index (κ3) is 4.31. The molecule has 30 heavy (non-hydrogen) atoms. The van der Waals surface area contributed by atoms with Gasteiger partial charge >= 0.3 is 0 Å². The number of amides is 1. The first-order chi connectivity index (χ1) is 14.7. The Morgan fingerprint density at radius 3 is 2.47 bits per heavy atom. The molecule has 0 N–H and O–H groups in total. The average Bonchev–Trinajstić information content (AvgIpc) is 3.44. The van der Waals surface area contributed by atoms with E-state index in [0.29, 0.717) is 17.5 Å². The molecule has 1 fully saturated rings. The fourth-order valence-electron chi connectivity index (χ4n) is 3.58. The van der Waals surface area contributed by atoms with Gasteiger partial charge in [-0.1, -0.05) is 48.2 Å². The van der Waals surface area contributed by atoms with E-state index in [1.54, 1.807) is 18.2 Å². The normalized spacial score (nSPS) is 14.6. The molecule has 5 nitrogen and oxygen atoms in total. The molecule has 2 heterocycles. The van der Waals surface area contributed by atoms with Crippen molar-refractivity contribution in [1.29, 1.82) is 0 Å². The van der Waals surface area contributed by atoms with Crippen LogP contribution in [0.1, 0.15) is 23.7 Å². The standard InChI is InChI=1S/C23H23FN4OS/c1-2-14-28-21(18-10-12-19(24)13-11-18)25-26-23(28)30-20(17-8-4-3-5-9-17)22(29)27-15-6-7-16-27/h2-5,8-13,20H,1,6-7,14-16H2/t20-/m1/s1. The first-order valence-corrected chi connectivity index (χ1v) is 10.9. The van der Waals surface area contributed by atoms with E-state index in [1.165, 1.54) is 23.9 Å². The molecule has 1 saturated heterocycles. The van der Waals surface area contributed by atoms with Gasteiger partial charge in [0.1, 0.15) is 11.1 Å². The van der Waals surface area contributed by atoms with Crippen molar-refractivity contribution in [2.75, 3.05) is 13.1 Å². The number of likely N-dealkylation sites (tertiary alicyclic amines) is 1. The summed E-state index contributed by atoms with van der Waals surface area (Å²) in [6, 6.07) is 15.9. The van der Waals surface area contributed by atoms with Gasteiger partial charge in [0.15, 0.2) is 11.0 Å². The predicted octanol–water partition coefficient (Wildman–Crippen LogP) is 4.73. The molecular weight excluding hydrogens is 399 g/mol. The van der Waals surface area contributed by atoms with E-state index in [9.17, 15) is 9.18 Å². The molecule has 0 saturated carbocycles. The van der Waals surface area contributed by atoms with Crippen LogP contribution in [0.3, 0.4) is 0 Å². The summed E-state index contributed by atoms with van der Waals surface area (Å²) in [5.41, 5.74) is 1.70. The maximum Gasteiger partial charge on any atom is 0.240 e. The number of aromatic nitrogens is 3. The maximum atomic E-state index is 13.3. The fourth-order valence-corrected chi connectivity index (χ4v) is 4.71. The van der Waals surface area contributed by atoms with Crippen molar-refractivity contribution in [3.05, 3.63) is 78.6 Å². The maximum absolute atomic E-state index is 13.3. The second-order valence-electron chi connectivity index (χ2n) is 7.15. The lowest BCUT2D eigenvalue weighted by Gasteiger charge is -2.23. The van der Waals surface area contributed by atoms with E-state index in [-0.39, 0.29) is 11.7 Å². The van der Waals surface area contributed by atoms with Crippen molar-refractivity contribution in [3.8, 4) is 11.4 Å². The molecule has 3 aromatic rings. The first-order valence-electron chi connectivity index (χ1n) is 9.98. The average molecular weight is 423 g/mol. The van der Waals surface area contributed by atoms with Crippen LogP contribution < -0.4 is 0 Å². The Hall–Kier alpha value is -2.93. The predicted molar refractivity (Wildman–Crippen MR) is 116 cm³/mol. The molecule has 7 heteroatoms. The largest absolute Gasteiger partial charge is 0.341 e. The molecule has 1 aromatic heterocycles. The Labute approximate surface area is 179 Å². The number of hydrogen-bond donors (Lipinski definition) is 0. The van der Waals surface area contributed by atoms with Crippen LogP contribution >= 0.6 is 11.8 Å². The molecule has 0 aliphatic carbocycles. The highest BCUT2D eigenvalue weighted by molar-refractivity contribution is 8.00. The summed E-state index contributed by atoms with van der Waals surface area (Å²) in [6.07, 6.45) is 3.85. The van der Waals surface area contributed by atoms with Crippen molar-refractivity contribution >= 4 is 17.7 Å². The van der Waals surface area contributed by atoms with E-state index in [1.807, 2.05) is 39.8 Å². The van der Waals surface area contributed by atoms with Crippen molar-refractivity contribution in [2.45, 2.75) is 29.8 Å². The Morgan fingerprint density at radius 1 is 1.10 bits per heavy atom. The van der Waals surface area contributed by atoms with Gasteiger partial charge in [0.25, 0.3) is 0 Å². The van der Waals surface area contributed by atoms with E-state index >= 15 is 0 Å². The summed E-state index contributed by atoms with van der Waals surface area (Å²) in [7, 11) is 0. The van der Waals surface area contributed by atoms with Crippen molar-refractivity contribution < 1.29 is 9.18 Å². The van der Waals surface area contributed by atoms with Crippen LogP contribution in [0.25, 0.3) is 11.4 Å².